The van der Waals surface area contributed by atoms with Crippen molar-refractivity contribution >= 4 is 28.6 Å². The van der Waals surface area contributed by atoms with Crippen LogP contribution in [0.2, 0.25) is 0 Å². The summed E-state index contributed by atoms with van der Waals surface area (Å²) in [5, 5.41) is 4.16. The lowest BCUT2D eigenvalue weighted by atomic mass is 9.90. The molecule has 1 atom stereocenters. The Balaban J connectivity index is 1.24. The van der Waals surface area contributed by atoms with Crippen LogP contribution in [0.15, 0.2) is 79.0 Å². The van der Waals surface area contributed by atoms with Gasteiger partial charge in [-0.25, -0.2) is 0 Å². The summed E-state index contributed by atoms with van der Waals surface area (Å²) in [5.74, 6) is -0.00403. The number of ether oxygens (including phenoxy) is 1. The topological polar surface area (TPSA) is 91.5 Å². The Morgan fingerprint density at radius 3 is 2.31 bits per heavy atom. The minimum Gasteiger partial charge on any atom is -0.497 e. The highest BCUT2D eigenvalue weighted by molar-refractivity contribution is 6.21. The molecule has 5 rings (SSSR count). The molecule has 0 bridgehead atoms. The maximum absolute atomic E-state index is 12.7. The molecule has 0 saturated heterocycles. The van der Waals surface area contributed by atoms with Gasteiger partial charge in [-0.3, -0.25) is 19.3 Å². The van der Waals surface area contributed by atoms with E-state index in [1.54, 1.807) is 31.4 Å². The van der Waals surface area contributed by atoms with Gasteiger partial charge < -0.3 is 15.0 Å². The molecular formula is C29H27N3O4. The monoisotopic (exact) mass is 481 g/mol. The van der Waals surface area contributed by atoms with Crippen molar-refractivity contribution in [2.24, 2.45) is 0 Å². The number of rotatable bonds is 9. The molecule has 2 N–H and O–H groups in total. The van der Waals surface area contributed by atoms with Crippen molar-refractivity contribution in [3.63, 3.8) is 0 Å². The summed E-state index contributed by atoms with van der Waals surface area (Å²) < 4.78 is 5.30. The van der Waals surface area contributed by atoms with Crippen molar-refractivity contribution in [3.05, 3.63) is 101 Å². The third kappa shape index (κ3) is 4.47. The molecule has 0 radical (unpaired) electrons. The average molecular weight is 482 g/mol. The third-order valence-corrected chi connectivity index (χ3v) is 6.68. The molecule has 1 unspecified atom stereocenters. The zero-order valence-electron chi connectivity index (χ0n) is 20.0. The Hall–Kier alpha value is -4.39. The van der Waals surface area contributed by atoms with Crippen LogP contribution in [0.25, 0.3) is 10.9 Å². The van der Waals surface area contributed by atoms with Gasteiger partial charge in [0, 0.05) is 42.5 Å². The van der Waals surface area contributed by atoms with Crippen LogP contribution in [0.3, 0.4) is 0 Å². The molecule has 0 saturated carbocycles. The van der Waals surface area contributed by atoms with Crippen LogP contribution in [0, 0.1) is 0 Å². The average Bonchev–Trinajstić information content (AvgIpc) is 3.44. The second kappa shape index (κ2) is 10.1. The minimum absolute atomic E-state index is 0.0627. The number of methoxy groups -OCH3 is 1. The first-order valence-electron chi connectivity index (χ1n) is 12.0. The van der Waals surface area contributed by atoms with E-state index < -0.39 is 0 Å². The van der Waals surface area contributed by atoms with E-state index in [9.17, 15) is 14.4 Å². The number of amides is 3. The van der Waals surface area contributed by atoms with Gasteiger partial charge in [-0.05, 0) is 47.9 Å². The van der Waals surface area contributed by atoms with Crippen molar-refractivity contribution < 1.29 is 19.1 Å². The first-order chi connectivity index (χ1) is 17.6. The van der Waals surface area contributed by atoms with Gasteiger partial charge in [0.1, 0.15) is 5.75 Å². The lowest BCUT2D eigenvalue weighted by molar-refractivity contribution is -0.121. The van der Waals surface area contributed by atoms with E-state index in [4.69, 9.17) is 4.74 Å². The van der Waals surface area contributed by atoms with Crippen molar-refractivity contribution in [3.8, 4) is 5.75 Å². The van der Waals surface area contributed by atoms with E-state index in [-0.39, 0.29) is 36.6 Å². The van der Waals surface area contributed by atoms with Crippen LogP contribution in [0.5, 0.6) is 5.75 Å². The number of aromatic amines is 1. The highest BCUT2D eigenvalue weighted by atomic mass is 16.5. The predicted molar refractivity (Wildman–Crippen MR) is 137 cm³/mol. The number of nitrogens with zero attached hydrogens (tertiary/aromatic N) is 1. The number of hydrogen-bond acceptors (Lipinski definition) is 4. The molecule has 36 heavy (non-hydrogen) atoms. The van der Waals surface area contributed by atoms with Crippen molar-refractivity contribution in [1.82, 2.24) is 15.2 Å². The number of hydrogen-bond donors (Lipinski definition) is 2. The third-order valence-electron chi connectivity index (χ3n) is 6.68. The van der Waals surface area contributed by atoms with E-state index in [1.807, 2.05) is 48.7 Å². The fourth-order valence-corrected chi connectivity index (χ4v) is 4.77. The zero-order chi connectivity index (χ0) is 25.1. The summed E-state index contributed by atoms with van der Waals surface area (Å²) >= 11 is 0. The fraction of sp³-hybridized carbons (Fsp3) is 0.207. The lowest BCUT2D eigenvalue weighted by Gasteiger charge is -2.19. The molecule has 0 aliphatic carbocycles. The number of fused-ring (bicyclic) bond motifs is 2. The number of imide groups is 1. The molecule has 182 valence electrons. The number of para-hydroxylation sites is 1. The maximum atomic E-state index is 12.7. The summed E-state index contributed by atoms with van der Waals surface area (Å²) in [6.45, 7) is 0.629. The molecular weight excluding hydrogens is 454 g/mol. The van der Waals surface area contributed by atoms with Gasteiger partial charge in [0.2, 0.25) is 5.91 Å². The predicted octanol–water partition coefficient (Wildman–Crippen LogP) is 4.50. The summed E-state index contributed by atoms with van der Waals surface area (Å²) in [7, 11) is 1.63. The molecule has 0 spiro atoms. The molecule has 1 aromatic heterocycles. The summed E-state index contributed by atoms with van der Waals surface area (Å²) in [5.41, 5.74) is 4.05. The Morgan fingerprint density at radius 2 is 1.61 bits per heavy atom. The van der Waals surface area contributed by atoms with E-state index >= 15 is 0 Å². The molecule has 1 aliphatic heterocycles. The molecule has 2 heterocycles. The molecule has 0 fully saturated rings. The van der Waals surface area contributed by atoms with Crippen LogP contribution in [-0.2, 0) is 4.79 Å². The van der Waals surface area contributed by atoms with E-state index in [0.29, 0.717) is 24.1 Å². The molecule has 3 amide bonds. The normalized spacial score (nSPS) is 13.6. The number of aromatic nitrogens is 1. The van der Waals surface area contributed by atoms with Crippen LogP contribution in [0.1, 0.15) is 50.6 Å². The van der Waals surface area contributed by atoms with Gasteiger partial charge in [-0.2, -0.15) is 0 Å². The van der Waals surface area contributed by atoms with E-state index in [0.717, 1.165) is 27.8 Å². The van der Waals surface area contributed by atoms with Gasteiger partial charge in [-0.15, -0.1) is 0 Å². The summed E-state index contributed by atoms with van der Waals surface area (Å²) in [6.07, 6.45) is 2.61. The van der Waals surface area contributed by atoms with Crippen LogP contribution >= 0.6 is 0 Å². The van der Waals surface area contributed by atoms with Crippen molar-refractivity contribution in [1.29, 1.82) is 0 Å². The number of benzene rings is 3. The van der Waals surface area contributed by atoms with E-state index in [1.165, 1.54) is 4.90 Å². The van der Waals surface area contributed by atoms with Crippen LogP contribution < -0.4 is 10.1 Å². The second-order valence-electron chi connectivity index (χ2n) is 8.83. The Bertz CT molecular complexity index is 1390. The number of carbonyl (C=O) groups excluding carboxylic acids is 3. The Kier molecular flexibility index (Phi) is 6.54. The standard InChI is InChI=1S/C29H27N3O4/c1-36-20-14-12-19(13-15-20)24(25-18-30-26-10-5-4-7-21(25)26)17-31-27(33)11-6-16-32-28(34)22-8-2-3-9-23(22)29(32)35/h2-5,7-10,12-15,18,24,30H,6,11,16-17H2,1H3,(H,31,33). The van der Waals surface area contributed by atoms with Gasteiger partial charge in [0.15, 0.2) is 0 Å². The first kappa shape index (κ1) is 23.4. The lowest BCUT2D eigenvalue weighted by Crippen LogP contribution is -2.33. The van der Waals surface area contributed by atoms with Gasteiger partial charge in [-0.1, -0.05) is 42.5 Å². The SMILES string of the molecule is COc1ccc(C(CNC(=O)CCCN2C(=O)c3ccccc3C2=O)c2c[nH]c3ccccc23)cc1. The van der Waals surface area contributed by atoms with Crippen LogP contribution in [0.4, 0.5) is 0 Å². The van der Waals surface area contributed by atoms with Gasteiger partial charge in [0.05, 0.1) is 18.2 Å². The smallest absolute Gasteiger partial charge is 0.261 e. The largest absolute Gasteiger partial charge is 0.497 e. The molecule has 4 aromatic rings. The number of nitrogens with one attached hydrogen (secondary N) is 2. The Labute approximate surface area is 209 Å². The van der Waals surface area contributed by atoms with Crippen LogP contribution in [-0.4, -0.2) is 47.8 Å². The summed E-state index contributed by atoms with van der Waals surface area (Å²) in [6, 6.07) is 22.8. The number of H-pyrrole nitrogens is 1. The highest BCUT2D eigenvalue weighted by Crippen LogP contribution is 2.31. The first-order valence-corrected chi connectivity index (χ1v) is 12.0. The zero-order valence-corrected chi connectivity index (χ0v) is 20.0. The quantitative estimate of drug-likeness (QED) is 0.344. The van der Waals surface area contributed by atoms with Gasteiger partial charge >= 0.3 is 0 Å². The number of carbonyl (C=O) groups is 3. The molecule has 1 aliphatic rings. The minimum atomic E-state index is -0.296. The molecule has 7 heteroatoms. The fourth-order valence-electron chi connectivity index (χ4n) is 4.77. The van der Waals surface area contributed by atoms with Gasteiger partial charge in [0.25, 0.3) is 11.8 Å². The molecule has 3 aromatic carbocycles. The molecule has 7 nitrogen and oxygen atoms in total. The Morgan fingerprint density at radius 1 is 0.944 bits per heavy atom. The maximum Gasteiger partial charge on any atom is 0.261 e. The van der Waals surface area contributed by atoms with Crippen molar-refractivity contribution in [2.75, 3.05) is 20.2 Å². The highest BCUT2D eigenvalue weighted by Gasteiger charge is 2.34. The summed E-state index contributed by atoms with van der Waals surface area (Å²) in [4.78, 5) is 42.4. The van der Waals surface area contributed by atoms with Crippen molar-refractivity contribution in [2.45, 2.75) is 18.8 Å². The second-order valence-corrected chi connectivity index (χ2v) is 8.83. The van der Waals surface area contributed by atoms with E-state index in [2.05, 4.69) is 16.4 Å².